The van der Waals surface area contributed by atoms with Crippen LogP contribution in [-0.4, -0.2) is 39.4 Å². The number of para-hydroxylation sites is 2. The van der Waals surface area contributed by atoms with Crippen LogP contribution in [0.2, 0.25) is 0 Å². The summed E-state index contributed by atoms with van der Waals surface area (Å²) in [6, 6.07) is 19.9. The number of fused-ring (bicyclic) bond motifs is 1. The minimum Gasteiger partial charge on any atom is -0.492 e. The predicted octanol–water partition coefficient (Wildman–Crippen LogP) is 3.91. The number of anilines is 2. The van der Waals surface area contributed by atoms with Crippen LogP contribution in [0.3, 0.4) is 0 Å². The molecular formula is C28H31N3O5S. The number of sulfonamides is 1. The maximum Gasteiger partial charge on any atom is 0.243 e. The van der Waals surface area contributed by atoms with Crippen LogP contribution in [0.1, 0.15) is 31.4 Å². The van der Waals surface area contributed by atoms with E-state index in [1.54, 1.807) is 48.2 Å². The van der Waals surface area contributed by atoms with Gasteiger partial charge in [0.2, 0.25) is 21.8 Å². The highest BCUT2D eigenvalue weighted by atomic mass is 32.2. The number of amides is 2. The number of rotatable bonds is 10. The molecule has 3 aromatic rings. The summed E-state index contributed by atoms with van der Waals surface area (Å²) in [5.41, 5.74) is 2.80. The number of hydrogen-bond acceptors (Lipinski definition) is 5. The second-order valence-corrected chi connectivity index (χ2v) is 10.4. The zero-order valence-corrected chi connectivity index (χ0v) is 21.8. The van der Waals surface area contributed by atoms with E-state index in [1.807, 2.05) is 37.3 Å². The Hall–Kier alpha value is -3.69. The number of nitrogens with zero attached hydrogens (tertiary/aromatic N) is 1. The first-order valence-corrected chi connectivity index (χ1v) is 13.8. The molecule has 8 nitrogen and oxygen atoms in total. The van der Waals surface area contributed by atoms with Gasteiger partial charge in [0.15, 0.2) is 0 Å². The van der Waals surface area contributed by atoms with Gasteiger partial charge in [-0.05, 0) is 61.2 Å². The van der Waals surface area contributed by atoms with E-state index in [0.717, 1.165) is 16.8 Å². The summed E-state index contributed by atoms with van der Waals surface area (Å²) in [6.07, 6.45) is 1.11. The van der Waals surface area contributed by atoms with Crippen molar-refractivity contribution in [3.05, 3.63) is 83.9 Å². The van der Waals surface area contributed by atoms with Crippen molar-refractivity contribution in [1.82, 2.24) is 4.72 Å². The summed E-state index contributed by atoms with van der Waals surface area (Å²) in [7, 11) is -4.05. The molecule has 2 amide bonds. The van der Waals surface area contributed by atoms with E-state index in [9.17, 15) is 18.0 Å². The summed E-state index contributed by atoms with van der Waals surface area (Å²) < 4.78 is 35.1. The lowest BCUT2D eigenvalue weighted by atomic mass is 10.1. The normalized spacial score (nSPS) is 13.6. The molecule has 1 unspecified atom stereocenters. The molecule has 0 bridgehead atoms. The lowest BCUT2D eigenvalue weighted by Crippen LogP contribution is -2.45. The monoisotopic (exact) mass is 521 g/mol. The van der Waals surface area contributed by atoms with Gasteiger partial charge in [-0.3, -0.25) is 9.59 Å². The Morgan fingerprint density at radius 1 is 1.00 bits per heavy atom. The quantitative estimate of drug-likeness (QED) is 0.421. The zero-order valence-electron chi connectivity index (χ0n) is 20.9. The molecule has 0 aliphatic carbocycles. The molecule has 0 saturated carbocycles. The third-order valence-electron chi connectivity index (χ3n) is 6.20. The predicted molar refractivity (Wildman–Crippen MR) is 143 cm³/mol. The standard InChI is InChI=1S/C28H31N3O5S/c1-3-27(32)31-17-16-21-19-22(14-15-25(21)31)37(34,35)30-24(18-20-10-6-5-7-11-20)28(33)29-23-12-8-9-13-26(23)36-4-2/h5-15,19,24,30H,3-4,16-18H2,1-2H3,(H,29,33). The molecule has 3 aromatic carbocycles. The summed E-state index contributed by atoms with van der Waals surface area (Å²) in [5.74, 6) is 0.00402. The van der Waals surface area contributed by atoms with E-state index in [2.05, 4.69) is 10.0 Å². The van der Waals surface area contributed by atoms with Crippen molar-refractivity contribution in [3.63, 3.8) is 0 Å². The number of nitrogens with one attached hydrogen (secondary N) is 2. The third kappa shape index (κ3) is 6.18. The lowest BCUT2D eigenvalue weighted by Gasteiger charge is -2.20. The molecular weight excluding hydrogens is 490 g/mol. The Kier molecular flexibility index (Phi) is 8.25. The number of ether oxygens (including phenoxy) is 1. The van der Waals surface area contributed by atoms with E-state index in [1.165, 1.54) is 6.07 Å². The molecule has 0 aromatic heterocycles. The average Bonchev–Trinajstić information content (AvgIpc) is 3.33. The smallest absolute Gasteiger partial charge is 0.243 e. The summed E-state index contributed by atoms with van der Waals surface area (Å²) in [5, 5.41) is 2.82. The fourth-order valence-electron chi connectivity index (χ4n) is 4.36. The first kappa shape index (κ1) is 26.4. The van der Waals surface area contributed by atoms with E-state index < -0.39 is 22.0 Å². The zero-order chi connectivity index (χ0) is 26.4. The van der Waals surface area contributed by atoms with Gasteiger partial charge in [0.25, 0.3) is 0 Å². The van der Waals surface area contributed by atoms with Crippen molar-refractivity contribution >= 4 is 33.2 Å². The van der Waals surface area contributed by atoms with Gasteiger partial charge < -0.3 is 15.0 Å². The van der Waals surface area contributed by atoms with Gasteiger partial charge in [-0.25, -0.2) is 8.42 Å². The summed E-state index contributed by atoms with van der Waals surface area (Å²) in [6.45, 7) is 4.59. The minimum absolute atomic E-state index is 0.000544. The Balaban J connectivity index is 1.60. The Morgan fingerprint density at radius 3 is 2.46 bits per heavy atom. The number of hydrogen-bond donors (Lipinski definition) is 2. The Bertz CT molecular complexity index is 1380. The molecule has 1 aliphatic heterocycles. The van der Waals surface area contributed by atoms with Crippen LogP contribution in [0.5, 0.6) is 5.75 Å². The molecule has 4 rings (SSSR count). The van der Waals surface area contributed by atoms with Gasteiger partial charge in [0, 0.05) is 18.7 Å². The number of carbonyl (C=O) groups excluding carboxylic acids is 2. The number of benzene rings is 3. The highest BCUT2D eigenvalue weighted by Gasteiger charge is 2.29. The lowest BCUT2D eigenvalue weighted by molar-refractivity contribution is -0.118. The third-order valence-corrected chi connectivity index (χ3v) is 7.67. The molecule has 9 heteroatoms. The molecule has 2 N–H and O–H groups in total. The van der Waals surface area contributed by atoms with Crippen LogP contribution in [0, 0.1) is 0 Å². The van der Waals surface area contributed by atoms with Crippen molar-refractivity contribution in [1.29, 1.82) is 0 Å². The second-order valence-electron chi connectivity index (χ2n) is 8.72. The molecule has 0 radical (unpaired) electrons. The van der Waals surface area contributed by atoms with Crippen LogP contribution in [-0.2, 0) is 32.5 Å². The van der Waals surface area contributed by atoms with E-state index in [-0.39, 0.29) is 17.2 Å². The average molecular weight is 522 g/mol. The van der Waals surface area contributed by atoms with Crippen molar-refractivity contribution in [2.45, 2.75) is 44.0 Å². The van der Waals surface area contributed by atoms with Gasteiger partial charge in [-0.1, -0.05) is 49.4 Å². The maximum absolute atomic E-state index is 13.4. The second kappa shape index (κ2) is 11.6. The fraction of sp³-hybridized carbons (Fsp3) is 0.286. The first-order chi connectivity index (χ1) is 17.8. The van der Waals surface area contributed by atoms with Crippen molar-refractivity contribution in [2.75, 3.05) is 23.4 Å². The van der Waals surface area contributed by atoms with Gasteiger partial charge in [0.05, 0.1) is 17.2 Å². The van der Waals surface area contributed by atoms with Crippen LogP contribution >= 0.6 is 0 Å². The molecule has 194 valence electrons. The molecule has 1 atom stereocenters. The van der Waals surface area contributed by atoms with E-state index in [0.29, 0.717) is 37.4 Å². The highest BCUT2D eigenvalue weighted by Crippen LogP contribution is 2.31. The Labute approximate surface area is 217 Å². The molecule has 0 fully saturated rings. The fourth-order valence-corrected chi connectivity index (χ4v) is 5.60. The van der Waals surface area contributed by atoms with Gasteiger partial charge in [-0.15, -0.1) is 0 Å². The van der Waals surface area contributed by atoms with E-state index in [4.69, 9.17) is 4.74 Å². The topological polar surface area (TPSA) is 105 Å². The van der Waals surface area contributed by atoms with Crippen molar-refractivity contribution in [2.24, 2.45) is 0 Å². The van der Waals surface area contributed by atoms with Crippen molar-refractivity contribution < 1.29 is 22.7 Å². The minimum atomic E-state index is -4.05. The van der Waals surface area contributed by atoms with Gasteiger partial charge in [-0.2, -0.15) is 4.72 Å². The van der Waals surface area contributed by atoms with Gasteiger partial charge in [0.1, 0.15) is 11.8 Å². The summed E-state index contributed by atoms with van der Waals surface area (Å²) in [4.78, 5) is 27.3. The van der Waals surface area contributed by atoms with Crippen LogP contribution in [0.25, 0.3) is 0 Å². The van der Waals surface area contributed by atoms with Crippen molar-refractivity contribution in [3.8, 4) is 5.75 Å². The van der Waals surface area contributed by atoms with Crippen LogP contribution < -0.4 is 19.7 Å². The van der Waals surface area contributed by atoms with Crippen LogP contribution in [0.15, 0.2) is 77.7 Å². The largest absolute Gasteiger partial charge is 0.492 e. The first-order valence-electron chi connectivity index (χ1n) is 12.3. The summed E-state index contributed by atoms with van der Waals surface area (Å²) >= 11 is 0. The van der Waals surface area contributed by atoms with E-state index >= 15 is 0 Å². The molecule has 1 heterocycles. The van der Waals surface area contributed by atoms with Gasteiger partial charge >= 0.3 is 0 Å². The molecule has 0 saturated heterocycles. The number of carbonyl (C=O) groups is 2. The maximum atomic E-state index is 13.4. The Morgan fingerprint density at radius 2 is 1.73 bits per heavy atom. The highest BCUT2D eigenvalue weighted by molar-refractivity contribution is 7.89. The van der Waals surface area contributed by atoms with Crippen LogP contribution in [0.4, 0.5) is 11.4 Å². The molecule has 1 aliphatic rings. The molecule has 0 spiro atoms. The SMILES string of the molecule is CCOc1ccccc1NC(=O)C(Cc1ccccc1)NS(=O)(=O)c1ccc2c(c1)CCN2C(=O)CC. The molecule has 37 heavy (non-hydrogen) atoms.